The summed E-state index contributed by atoms with van der Waals surface area (Å²) in [5.74, 6) is 0. The lowest BCUT2D eigenvalue weighted by Crippen LogP contribution is -2.05. The lowest BCUT2D eigenvalue weighted by atomic mass is 9.88. The van der Waals surface area contributed by atoms with E-state index < -0.39 is 0 Å². The van der Waals surface area contributed by atoms with Crippen molar-refractivity contribution in [3.05, 3.63) is 42.3 Å². The van der Waals surface area contributed by atoms with Gasteiger partial charge in [0.15, 0.2) is 0 Å². The summed E-state index contributed by atoms with van der Waals surface area (Å²) in [6.07, 6.45) is 2.27. The molecule has 0 saturated carbocycles. The average Bonchev–Trinajstić information content (AvgIpc) is 1.85. The van der Waals surface area contributed by atoms with Crippen molar-refractivity contribution in [2.75, 3.05) is 0 Å². The van der Waals surface area contributed by atoms with Crippen molar-refractivity contribution in [3.63, 3.8) is 0 Å². The van der Waals surface area contributed by atoms with Gasteiger partial charge in [-0.1, -0.05) is 0 Å². The van der Waals surface area contributed by atoms with E-state index in [2.05, 4.69) is 51.5 Å². The highest BCUT2D eigenvalue weighted by Crippen LogP contribution is 2.22. The van der Waals surface area contributed by atoms with E-state index in [0.717, 1.165) is 0 Å². The van der Waals surface area contributed by atoms with Crippen LogP contribution in [0.1, 0.15) is 26.3 Å². The van der Waals surface area contributed by atoms with Gasteiger partial charge in [-0.2, -0.15) is 0 Å². The highest BCUT2D eigenvalue weighted by atomic mass is 14.1. The van der Waals surface area contributed by atoms with Crippen LogP contribution in [-0.4, -0.2) is 0 Å². The van der Waals surface area contributed by atoms with E-state index in [4.69, 9.17) is 0 Å². The Morgan fingerprint density at radius 3 is 2.00 bits per heavy atom. The van der Waals surface area contributed by atoms with Crippen LogP contribution in [0.2, 0.25) is 0 Å². The summed E-state index contributed by atoms with van der Waals surface area (Å²) in [6, 6.07) is 10.4. The van der Waals surface area contributed by atoms with Crippen molar-refractivity contribution in [3.8, 4) is 0 Å². The number of hydrogen-bond donors (Lipinski definition) is 0. The highest BCUT2D eigenvalue weighted by Gasteiger charge is 2.16. The summed E-state index contributed by atoms with van der Waals surface area (Å²) in [5, 5.41) is 0. The first kappa shape index (κ1) is 8.19. The second kappa shape index (κ2) is 3.00. The molecule has 0 aliphatic heterocycles. The van der Waals surface area contributed by atoms with Crippen molar-refractivity contribution in [1.82, 2.24) is 0 Å². The molecule has 0 amide bonds. The van der Waals surface area contributed by atoms with E-state index in [9.17, 15) is 0 Å². The first-order valence-corrected chi connectivity index (χ1v) is 3.99. The van der Waals surface area contributed by atoms with Gasteiger partial charge in [-0.3, -0.25) is 0 Å². The fourth-order valence-electron chi connectivity index (χ4n) is 1.05. The maximum atomic E-state index is 2.27. The Balaban J connectivity index is 2.66. The first-order valence-electron chi connectivity index (χ1n) is 3.99. The van der Waals surface area contributed by atoms with Crippen LogP contribution < -0.4 is 0 Å². The van der Waals surface area contributed by atoms with Crippen LogP contribution in [0.5, 0.6) is 0 Å². The zero-order valence-electron chi connectivity index (χ0n) is 7.46. The minimum absolute atomic E-state index is 0.279. The van der Waals surface area contributed by atoms with Crippen LogP contribution in [-0.2, 0) is 0 Å². The molecule has 1 aromatic carbocycles. The van der Waals surface area contributed by atoms with E-state index in [1.54, 1.807) is 0 Å². The normalized spacial score (nSPS) is 11.2. The maximum absolute atomic E-state index is 2.27. The topological polar surface area (TPSA) is 0 Å². The predicted molar refractivity (Wildman–Crippen MR) is 49.3 cm³/mol. The van der Waals surface area contributed by atoms with Crippen LogP contribution in [0.3, 0.4) is 0 Å². The molecule has 1 aromatic rings. The van der Waals surface area contributed by atoms with Crippen LogP contribution in [0.4, 0.5) is 0 Å². The molecular formula is C11H15+. The Labute approximate surface area is 69.3 Å². The summed E-state index contributed by atoms with van der Waals surface area (Å²) in [5.41, 5.74) is 1.58. The van der Waals surface area contributed by atoms with Gasteiger partial charge in [0.05, 0.1) is 0 Å². The zero-order valence-corrected chi connectivity index (χ0v) is 7.46. The first-order chi connectivity index (χ1) is 5.08. The predicted octanol–water partition coefficient (Wildman–Crippen LogP) is 3.29. The lowest BCUT2D eigenvalue weighted by molar-refractivity contribution is 0.506. The molecule has 0 aliphatic carbocycles. The van der Waals surface area contributed by atoms with Gasteiger partial charge in [0.1, 0.15) is 5.56 Å². The minimum atomic E-state index is 0.279. The SMILES string of the molecule is CC(C)(C)[CH+]c1ccccc1. The third-order valence-corrected chi connectivity index (χ3v) is 1.40. The average molecular weight is 147 g/mol. The van der Waals surface area contributed by atoms with Gasteiger partial charge in [0.2, 0.25) is 0 Å². The zero-order chi connectivity index (χ0) is 8.32. The fourth-order valence-corrected chi connectivity index (χ4v) is 1.05. The molecule has 0 bridgehead atoms. The summed E-state index contributed by atoms with van der Waals surface area (Å²) in [7, 11) is 0. The smallest absolute Gasteiger partial charge is 0.0449 e. The van der Waals surface area contributed by atoms with Crippen molar-refractivity contribution in [1.29, 1.82) is 0 Å². The molecule has 0 radical (unpaired) electrons. The largest absolute Gasteiger partial charge is 0.130 e. The van der Waals surface area contributed by atoms with Crippen molar-refractivity contribution in [2.24, 2.45) is 5.41 Å². The Morgan fingerprint density at radius 2 is 1.55 bits per heavy atom. The molecule has 0 spiro atoms. The molecule has 0 heteroatoms. The molecule has 0 saturated heterocycles. The third kappa shape index (κ3) is 3.13. The summed E-state index contributed by atoms with van der Waals surface area (Å²) < 4.78 is 0. The van der Waals surface area contributed by atoms with E-state index in [1.165, 1.54) is 5.56 Å². The summed E-state index contributed by atoms with van der Waals surface area (Å²) >= 11 is 0. The lowest BCUT2D eigenvalue weighted by Gasteiger charge is -2.11. The minimum Gasteiger partial charge on any atom is -0.0449 e. The second-order valence-corrected chi connectivity index (χ2v) is 3.92. The Kier molecular flexibility index (Phi) is 2.23. The molecular weight excluding hydrogens is 132 g/mol. The van der Waals surface area contributed by atoms with Crippen LogP contribution in [0, 0.1) is 11.8 Å². The van der Waals surface area contributed by atoms with Crippen LogP contribution in [0.25, 0.3) is 0 Å². The van der Waals surface area contributed by atoms with Gasteiger partial charge in [-0.15, -0.1) is 0 Å². The summed E-state index contributed by atoms with van der Waals surface area (Å²) in [4.78, 5) is 0. The monoisotopic (exact) mass is 147 g/mol. The molecule has 0 aromatic heterocycles. The van der Waals surface area contributed by atoms with Gasteiger partial charge >= 0.3 is 0 Å². The van der Waals surface area contributed by atoms with Crippen molar-refractivity contribution in [2.45, 2.75) is 20.8 Å². The molecule has 0 atom stereocenters. The molecule has 0 N–H and O–H groups in total. The number of rotatable bonds is 1. The fraction of sp³-hybridized carbons (Fsp3) is 0.364. The Morgan fingerprint density at radius 1 is 1.00 bits per heavy atom. The van der Waals surface area contributed by atoms with E-state index in [0.29, 0.717) is 0 Å². The highest BCUT2D eigenvalue weighted by molar-refractivity contribution is 5.24. The molecule has 0 heterocycles. The standard InChI is InChI=1S/C11H15/c1-11(2,3)9-10-7-5-4-6-8-10/h4-9H,1-3H3/q+1. The van der Waals surface area contributed by atoms with E-state index in [1.807, 2.05) is 6.07 Å². The van der Waals surface area contributed by atoms with Crippen LogP contribution in [0.15, 0.2) is 30.3 Å². The second-order valence-electron chi connectivity index (χ2n) is 3.92. The molecule has 0 aliphatic rings. The van der Waals surface area contributed by atoms with Gasteiger partial charge in [-0.05, 0) is 39.0 Å². The van der Waals surface area contributed by atoms with Crippen molar-refractivity contribution >= 4 is 0 Å². The van der Waals surface area contributed by atoms with E-state index in [-0.39, 0.29) is 5.41 Å². The molecule has 0 unspecified atom stereocenters. The van der Waals surface area contributed by atoms with Gasteiger partial charge in [-0.25, -0.2) is 0 Å². The Bertz CT molecular complexity index is 203. The summed E-state index contributed by atoms with van der Waals surface area (Å²) in [6.45, 7) is 6.62. The van der Waals surface area contributed by atoms with Gasteiger partial charge in [0.25, 0.3) is 0 Å². The molecule has 0 nitrogen and oxygen atoms in total. The molecule has 58 valence electrons. The Hall–Kier alpha value is -0.910. The maximum Gasteiger partial charge on any atom is 0.130 e. The van der Waals surface area contributed by atoms with Crippen molar-refractivity contribution < 1.29 is 0 Å². The van der Waals surface area contributed by atoms with Gasteiger partial charge < -0.3 is 0 Å². The van der Waals surface area contributed by atoms with Crippen LogP contribution >= 0.6 is 0 Å². The van der Waals surface area contributed by atoms with E-state index >= 15 is 0 Å². The quantitative estimate of drug-likeness (QED) is 0.535. The molecule has 0 fully saturated rings. The number of hydrogen-bond acceptors (Lipinski definition) is 0. The van der Waals surface area contributed by atoms with Gasteiger partial charge in [0, 0.05) is 24.0 Å². The number of benzene rings is 1. The molecule has 11 heavy (non-hydrogen) atoms. The molecule has 1 rings (SSSR count). The third-order valence-electron chi connectivity index (χ3n) is 1.40.